The molecule has 1 saturated heterocycles. The average molecular weight is 337 g/mol. The molecule has 2 amide bonds. The number of amides is 2. The molecule has 2 aromatic rings. The zero-order valence-corrected chi connectivity index (χ0v) is 14.2. The molecule has 0 spiro atoms. The van der Waals surface area contributed by atoms with Crippen molar-refractivity contribution in [3.05, 3.63) is 48.7 Å². The number of hydrogen-bond acceptors (Lipinski definition) is 4. The lowest BCUT2D eigenvalue weighted by atomic mass is 10.2. The SMILES string of the molecule is O=C(Nc1ccc(N2CCN(c3ccccc3)CC2)cn1)NC1CC1. The highest BCUT2D eigenvalue weighted by Crippen LogP contribution is 2.21. The van der Waals surface area contributed by atoms with Crippen molar-refractivity contribution in [3.8, 4) is 0 Å². The van der Waals surface area contributed by atoms with Crippen molar-refractivity contribution in [2.75, 3.05) is 41.3 Å². The first-order valence-electron chi connectivity index (χ1n) is 8.86. The van der Waals surface area contributed by atoms with Gasteiger partial charge < -0.3 is 15.1 Å². The minimum absolute atomic E-state index is 0.167. The van der Waals surface area contributed by atoms with E-state index in [1.807, 2.05) is 24.4 Å². The molecule has 0 atom stereocenters. The molecule has 2 fully saturated rings. The number of urea groups is 1. The first kappa shape index (κ1) is 15.7. The van der Waals surface area contributed by atoms with Crippen molar-refractivity contribution in [1.29, 1.82) is 0 Å². The topological polar surface area (TPSA) is 60.5 Å². The van der Waals surface area contributed by atoms with E-state index in [9.17, 15) is 4.79 Å². The fourth-order valence-electron chi connectivity index (χ4n) is 3.07. The molecule has 0 bridgehead atoms. The lowest BCUT2D eigenvalue weighted by Gasteiger charge is -2.37. The maximum atomic E-state index is 11.7. The standard InChI is InChI=1S/C19H23N5O/c25-19(21-15-6-7-15)22-18-9-8-17(14-20-18)24-12-10-23(11-13-24)16-4-2-1-3-5-16/h1-5,8-9,14-15H,6-7,10-13H2,(H2,20,21,22,25). The number of carbonyl (C=O) groups excluding carboxylic acids is 1. The van der Waals surface area contributed by atoms with E-state index in [0.717, 1.165) is 44.7 Å². The van der Waals surface area contributed by atoms with Crippen LogP contribution in [-0.4, -0.2) is 43.2 Å². The van der Waals surface area contributed by atoms with Gasteiger partial charge in [-0.3, -0.25) is 5.32 Å². The number of carbonyl (C=O) groups is 1. The minimum atomic E-state index is -0.167. The van der Waals surface area contributed by atoms with Crippen LogP contribution in [0.1, 0.15) is 12.8 Å². The Labute approximate surface area is 147 Å². The smallest absolute Gasteiger partial charge is 0.320 e. The van der Waals surface area contributed by atoms with Crippen molar-refractivity contribution in [3.63, 3.8) is 0 Å². The molecule has 2 heterocycles. The molecular weight excluding hydrogens is 314 g/mol. The molecule has 2 N–H and O–H groups in total. The molecule has 1 aliphatic heterocycles. The zero-order valence-electron chi connectivity index (χ0n) is 14.2. The summed E-state index contributed by atoms with van der Waals surface area (Å²) in [4.78, 5) is 20.9. The predicted octanol–water partition coefficient (Wildman–Crippen LogP) is 2.69. The van der Waals surface area contributed by atoms with Crippen LogP contribution >= 0.6 is 0 Å². The fourth-order valence-corrected chi connectivity index (χ4v) is 3.07. The number of pyridine rings is 1. The maximum absolute atomic E-state index is 11.7. The Kier molecular flexibility index (Phi) is 4.41. The van der Waals surface area contributed by atoms with Crippen molar-refractivity contribution in [2.24, 2.45) is 0 Å². The second kappa shape index (κ2) is 7.01. The summed E-state index contributed by atoms with van der Waals surface area (Å²) < 4.78 is 0. The first-order chi connectivity index (χ1) is 12.3. The van der Waals surface area contributed by atoms with Crippen LogP contribution in [0.4, 0.5) is 22.0 Å². The van der Waals surface area contributed by atoms with Crippen LogP contribution < -0.4 is 20.4 Å². The molecule has 1 aromatic carbocycles. The van der Waals surface area contributed by atoms with Gasteiger partial charge in [0.1, 0.15) is 5.82 Å². The highest BCUT2D eigenvalue weighted by molar-refractivity contribution is 5.88. The molecule has 6 heteroatoms. The Morgan fingerprint density at radius 2 is 1.60 bits per heavy atom. The second-order valence-corrected chi connectivity index (χ2v) is 6.58. The Morgan fingerprint density at radius 1 is 0.920 bits per heavy atom. The number of aromatic nitrogens is 1. The van der Waals surface area contributed by atoms with Crippen LogP contribution in [0.25, 0.3) is 0 Å². The summed E-state index contributed by atoms with van der Waals surface area (Å²) in [5.41, 5.74) is 2.38. The summed E-state index contributed by atoms with van der Waals surface area (Å²) in [5, 5.41) is 5.68. The number of rotatable bonds is 4. The minimum Gasteiger partial charge on any atom is -0.368 e. The summed E-state index contributed by atoms with van der Waals surface area (Å²) >= 11 is 0. The number of hydrogen-bond donors (Lipinski definition) is 2. The zero-order chi connectivity index (χ0) is 17.1. The molecule has 0 unspecified atom stereocenters. The molecule has 6 nitrogen and oxygen atoms in total. The van der Waals surface area contributed by atoms with E-state index >= 15 is 0 Å². The molecule has 1 aliphatic carbocycles. The van der Waals surface area contributed by atoms with E-state index in [1.54, 1.807) is 0 Å². The Bertz CT molecular complexity index is 706. The summed E-state index contributed by atoms with van der Waals surface area (Å²) in [6.45, 7) is 3.92. The number of nitrogens with zero attached hydrogens (tertiary/aromatic N) is 3. The second-order valence-electron chi connectivity index (χ2n) is 6.58. The normalized spacial score (nSPS) is 17.3. The van der Waals surface area contributed by atoms with Gasteiger partial charge in [0.05, 0.1) is 11.9 Å². The fraction of sp³-hybridized carbons (Fsp3) is 0.368. The molecule has 2 aliphatic rings. The van der Waals surface area contributed by atoms with Crippen LogP contribution in [0.15, 0.2) is 48.7 Å². The third-order valence-corrected chi connectivity index (χ3v) is 4.67. The van der Waals surface area contributed by atoms with Gasteiger partial charge in [0.2, 0.25) is 0 Å². The Morgan fingerprint density at radius 3 is 2.20 bits per heavy atom. The van der Waals surface area contributed by atoms with Crippen LogP contribution in [0, 0.1) is 0 Å². The largest absolute Gasteiger partial charge is 0.368 e. The monoisotopic (exact) mass is 337 g/mol. The number of benzene rings is 1. The van der Waals surface area contributed by atoms with Crippen LogP contribution in [0.3, 0.4) is 0 Å². The summed E-state index contributed by atoms with van der Waals surface area (Å²) in [6, 6.07) is 14.6. The highest BCUT2D eigenvalue weighted by Gasteiger charge is 2.23. The van der Waals surface area contributed by atoms with Gasteiger partial charge in [-0.1, -0.05) is 18.2 Å². The first-order valence-corrected chi connectivity index (χ1v) is 8.86. The number of nitrogens with one attached hydrogen (secondary N) is 2. The van der Waals surface area contributed by atoms with E-state index in [0.29, 0.717) is 11.9 Å². The predicted molar refractivity (Wildman–Crippen MR) is 100 cm³/mol. The van der Waals surface area contributed by atoms with Crippen molar-refractivity contribution < 1.29 is 4.79 Å². The van der Waals surface area contributed by atoms with Gasteiger partial charge in [-0.05, 0) is 37.1 Å². The van der Waals surface area contributed by atoms with E-state index in [4.69, 9.17) is 0 Å². The molecule has 0 radical (unpaired) electrons. The summed E-state index contributed by atoms with van der Waals surface area (Å²) in [6.07, 6.45) is 3.99. The van der Waals surface area contributed by atoms with Gasteiger partial charge in [-0.25, -0.2) is 9.78 Å². The number of para-hydroxylation sites is 1. The van der Waals surface area contributed by atoms with E-state index < -0.39 is 0 Å². The molecule has 130 valence electrons. The Hall–Kier alpha value is -2.76. The number of anilines is 3. The van der Waals surface area contributed by atoms with E-state index in [2.05, 4.69) is 49.7 Å². The van der Waals surface area contributed by atoms with Crippen LogP contribution in [-0.2, 0) is 0 Å². The lowest BCUT2D eigenvalue weighted by Crippen LogP contribution is -2.46. The molecule has 1 aromatic heterocycles. The summed E-state index contributed by atoms with van der Waals surface area (Å²) in [7, 11) is 0. The van der Waals surface area contributed by atoms with Crippen LogP contribution in [0.2, 0.25) is 0 Å². The molecule has 1 saturated carbocycles. The lowest BCUT2D eigenvalue weighted by molar-refractivity contribution is 0.251. The molecule has 4 rings (SSSR count). The van der Waals surface area contributed by atoms with E-state index in [-0.39, 0.29) is 6.03 Å². The summed E-state index contributed by atoms with van der Waals surface area (Å²) in [5.74, 6) is 0.588. The third kappa shape index (κ3) is 4.02. The quantitative estimate of drug-likeness (QED) is 0.900. The van der Waals surface area contributed by atoms with E-state index in [1.165, 1.54) is 5.69 Å². The highest BCUT2D eigenvalue weighted by atomic mass is 16.2. The number of piperazine rings is 1. The van der Waals surface area contributed by atoms with Crippen molar-refractivity contribution in [1.82, 2.24) is 10.3 Å². The van der Waals surface area contributed by atoms with Gasteiger partial charge in [0.15, 0.2) is 0 Å². The average Bonchev–Trinajstić information content (AvgIpc) is 3.47. The third-order valence-electron chi connectivity index (χ3n) is 4.67. The van der Waals surface area contributed by atoms with Gasteiger partial charge >= 0.3 is 6.03 Å². The maximum Gasteiger partial charge on any atom is 0.320 e. The van der Waals surface area contributed by atoms with Gasteiger partial charge in [0, 0.05) is 37.9 Å². The van der Waals surface area contributed by atoms with Crippen molar-refractivity contribution in [2.45, 2.75) is 18.9 Å². The Balaban J connectivity index is 1.31. The van der Waals surface area contributed by atoms with Gasteiger partial charge in [-0.15, -0.1) is 0 Å². The van der Waals surface area contributed by atoms with Crippen molar-refractivity contribution >= 4 is 23.2 Å². The molecular formula is C19H23N5O. The van der Waals surface area contributed by atoms with Gasteiger partial charge in [0.25, 0.3) is 0 Å². The van der Waals surface area contributed by atoms with Gasteiger partial charge in [-0.2, -0.15) is 0 Å². The van der Waals surface area contributed by atoms with Crippen LogP contribution in [0.5, 0.6) is 0 Å². The molecule has 25 heavy (non-hydrogen) atoms.